The van der Waals surface area contributed by atoms with Gasteiger partial charge in [0.2, 0.25) is 0 Å². The Bertz CT molecular complexity index is 1350. The topological polar surface area (TPSA) is 78.9 Å². The van der Waals surface area contributed by atoms with E-state index in [0.29, 0.717) is 19.3 Å². The predicted octanol–water partition coefficient (Wildman–Crippen LogP) is 18.5. The number of carbonyl (C=O) groups is 3. The third-order valence-electron chi connectivity index (χ3n) is 11.7. The molecule has 6 heteroatoms. The zero-order valence-electron chi connectivity index (χ0n) is 43.6. The van der Waals surface area contributed by atoms with E-state index >= 15 is 0 Å². The number of ether oxygens (including phenoxy) is 3. The van der Waals surface area contributed by atoms with Crippen LogP contribution in [0.3, 0.4) is 0 Å². The molecule has 0 aromatic rings. The lowest BCUT2D eigenvalue weighted by atomic mass is 10.0. The Morgan fingerprint density at radius 1 is 0.328 bits per heavy atom. The minimum absolute atomic E-state index is 0.112. The first-order valence-electron chi connectivity index (χ1n) is 27.8. The van der Waals surface area contributed by atoms with Crippen molar-refractivity contribution in [1.29, 1.82) is 0 Å². The van der Waals surface area contributed by atoms with Crippen LogP contribution < -0.4 is 0 Å². The van der Waals surface area contributed by atoms with Crippen molar-refractivity contribution in [2.45, 2.75) is 258 Å². The van der Waals surface area contributed by atoms with E-state index in [9.17, 15) is 14.4 Å². The first-order valence-corrected chi connectivity index (χ1v) is 27.8. The number of rotatable bonds is 49. The summed E-state index contributed by atoms with van der Waals surface area (Å²) in [5.74, 6) is -1.02. The predicted molar refractivity (Wildman–Crippen MR) is 288 cm³/mol. The molecule has 1 atom stereocenters. The van der Waals surface area contributed by atoms with E-state index in [1.165, 1.54) is 141 Å². The smallest absolute Gasteiger partial charge is 0.306 e. The van der Waals surface area contributed by atoms with Crippen LogP contribution >= 0.6 is 0 Å². The van der Waals surface area contributed by atoms with Gasteiger partial charge in [0.1, 0.15) is 13.2 Å². The Kier molecular flexibility index (Phi) is 51.9. The quantitative estimate of drug-likeness (QED) is 0.0199. The molecule has 0 amide bonds. The number of esters is 3. The van der Waals surface area contributed by atoms with E-state index in [1.807, 2.05) is 66.8 Å². The largest absolute Gasteiger partial charge is 0.462 e. The lowest BCUT2D eigenvalue weighted by Crippen LogP contribution is -2.30. The molecule has 6 nitrogen and oxygen atoms in total. The molecule has 0 fully saturated rings. The van der Waals surface area contributed by atoms with E-state index in [-0.39, 0.29) is 44.0 Å². The summed E-state index contributed by atoms with van der Waals surface area (Å²) in [5.41, 5.74) is 0. The molecule has 67 heavy (non-hydrogen) atoms. The zero-order chi connectivity index (χ0) is 48.6. The molecular weight excluding hydrogens is 829 g/mol. The average molecular weight is 931 g/mol. The van der Waals surface area contributed by atoms with Gasteiger partial charge in [-0.25, -0.2) is 0 Å². The van der Waals surface area contributed by atoms with Crippen molar-refractivity contribution in [3.8, 4) is 0 Å². The van der Waals surface area contributed by atoms with Crippen LogP contribution in [0.25, 0.3) is 0 Å². The third kappa shape index (κ3) is 53.2. The second-order valence-corrected chi connectivity index (χ2v) is 18.3. The maximum atomic E-state index is 12.8. The van der Waals surface area contributed by atoms with Crippen LogP contribution in [0.2, 0.25) is 0 Å². The number of hydrogen-bond donors (Lipinski definition) is 0. The Morgan fingerprint density at radius 2 is 0.672 bits per heavy atom. The molecule has 0 aliphatic carbocycles. The lowest BCUT2D eigenvalue weighted by molar-refractivity contribution is -0.166. The van der Waals surface area contributed by atoms with Gasteiger partial charge in [-0.3, -0.25) is 14.4 Å². The average Bonchev–Trinajstić information content (AvgIpc) is 3.33. The highest BCUT2D eigenvalue weighted by Crippen LogP contribution is 2.16. The Labute approximate surface area is 413 Å². The normalized spacial score (nSPS) is 12.8. The second-order valence-electron chi connectivity index (χ2n) is 18.3. The fourth-order valence-corrected chi connectivity index (χ4v) is 7.59. The molecule has 1 unspecified atom stereocenters. The van der Waals surface area contributed by atoms with Crippen molar-refractivity contribution in [1.82, 2.24) is 0 Å². The molecule has 382 valence electrons. The van der Waals surface area contributed by atoms with Crippen LogP contribution in [0.4, 0.5) is 0 Å². The van der Waals surface area contributed by atoms with Gasteiger partial charge in [-0.1, -0.05) is 272 Å². The molecule has 0 aliphatic rings. The molecule has 0 saturated carbocycles. The molecule has 0 aromatic heterocycles. The van der Waals surface area contributed by atoms with Crippen LogP contribution in [0.15, 0.2) is 97.2 Å². The molecule has 0 rings (SSSR count). The van der Waals surface area contributed by atoms with Gasteiger partial charge in [-0.05, 0) is 57.8 Å². The van der Waals surface area contributed by atoms with Gasteiger partial charge in [-0.2, -0.15) is 0 Å². The monoisotopic (exact) mass is 931 g/mol. The highest BCUT2D eigenvalue weighted by Gasteiger charge is 2.19. The highest BCUT2D eigenvalue weighted by molar-refractivity contribution is 5.71. The first-order chi connectivity index (χ1) is 33.0. The summed E-state index contributed by atoms with van der Waals surface area (Å²) in [6.07, 6.45) is 72.7. The van der Waals surface area contributed by atoms with E-state index in [0.717, 1.165) is 57.8 Å². The van der Waals surface area contributed by atoms with Crippen LogP contribution in [0.1, 0.15) is 252 Å². The number of allylic oxidation sites excluding steroid dienone is 16. The summed E-state index contributed by atoms with van der Waals surface area (Å²) in [6, 6.07) is 0. The Morgan fingerprint density at radius 3 is 1.13 bits per heavy atom. The highest BCUT2D eigenvalue weighted by atomic mass is 16.6. The van der Waals surface area contributed by atoms with Crippen LogP contribution in [0.5, 0.6) is 0 Å². The van der Waals surface area contributed by atoms with Crippen molar-refractivity contribution in [2.24, 2.45) is 0 Å². The summed E-state index contributed by atoms with van der Waals surface area (Å²) in [7, 11) is 0. The van der Waals surface area contributed by atoms with Crippen LogP contribution in [-0.4, -0.2) is 37.2 Å². The first kappa shape index (κ1) is 63.3. The third-order valence-corrected chi connectivity index (χ3v) is 11.7. The summed E-state index contributed by atoms with van der Waals surface area (Å²) in [6.45, 7) is 6.41. The van der Waals surface area contributed by atoms with E-state index < -0.39 is 6.10 Å². The number of unbranched alkanes of at least 4 members (excludes halogenated alkanes) is 27. The summed E-state index contributed by atoms with van der Waals surface area (Å²) in [5, 5.41) is 0. The van der Waals surface area contributed by atoms with Crippen molar-refractivity contribution >= 4 is 17.9 Å². The van der Waals surface area contributed by atoms with Gasteiger partial charge in [-0.15, -0.1) is 0 Å². The Hall–Kier alpha value is -3.67. The molecule has 0 radical (unpaired) electrons. The zero-order valence-corrected chi connectivity index (χ0v) is 43.6. The molecule has 0 heterocycles. The minimum Gasteiger partial charge on any atom is -0.462 e. The van der Waals surface area contributed by atoms with Gasteiger partial charge < -0.3 is 14.2 Å². The molecule has 0 saturated heterocycles. The van der Waals surface area contributed by atoms with Crippen LogP contribution in [0, 0.1) is 0 Å². The maximum Gasteiger partial charge on any atom is 0.306 e. The minimum atomic E-state index is -0.823. The molecular formula is C61H102O6. The fourth-order valence-electron chi connectivity index (χ4n) is 7.59. The molecule has 0 aromatic carbocycles. The summed E-state index contributed by atoms with van der Waals surface area (Å²) in [4.78, 5) is 38.0. The number of carbonyl (C=O) groups excluding carboxylic acids is 3. The molecule has 0 spiro atoms. The van der Waals surface area contributed by atoms with Crippen molar-refractivity contribution in [3.05, 3.63) is 97.2 Å². The fraction of sp³-hybridized carbons (Fsp3) is 0.689. The molecule has 0 N–H and O–H groups in total. The SMILES string of the molecule is CC\C=C/C=C\C=C/C=C\C=C\C=C/CCCCCC(=O)OC(COC(=O)CC/C=C\C/C=C\CCCCCCCC)COC(=O)CCCCCCCCCCCCCCCCCCCCC. The standard InChI is InChI=1S/C61H102O6/c1-4-7-10-13-16-19-22-25-27-29-30-32-33-36-39-42-45-48-51-54-60(63)66-57-58(56-65-59(62)53-50-47-44-41-38-35-24-21-18-15-12-9-6-3)67-61(64)55-52-49-46-43-40-37-34-31-28-26-23-20-17-14-11-8-5-2/h8,11,14,17,20,23,26,28,31,34-35,37-38,40,44,47,58H,4-7,9-10,12-13,15-16,18-19,21-22,24-25,27,29-30,32-33,36,39,41-43,45-46,48-57H2,1-3H3/b11-8-,17-14-,23-20-,28-26-,34-31+,38-35-,40-37-,47-44-. The van der Waals surface area contributed by atoms with Crippen molar-refractivity contribution in [2.75, 3.05) is 13.2 Å². The maximum absolute atomic E-state index is 12.8. The summed E-state index contributed by atoms with van der Waals surface area (Å²) >= 11 is 0. The van der Waals surface area contributed by atoms with E-state index in [2.05, 4.69) is 51.2 Å². The van der Waals surface area contributed by atoms with Gasteiger partial charge in [0.15, 0.2) is 6.10 Å². The molecule has 0 bridgehead atoms. The van der Waals surface area contributed by atoms with Gasteiger partial charge in [0.25, 0.3) is 0 Å². The van der Waals surface area contributed by atoms with E-state index in [4.69, 9.17) is 14.2 Å². The second kappa shape index (κ2) is 54.9. The van der Waals surface area contributed by atoms with Gasteiger partial charge in [0.05, 0.1) is 0 Å². The van der Waals surface area contributed by atoms with Crippen molar-refractivity contribution < 1.29 is 28.6 Å². The molecule has 0 aliphatic heterocycles. The van der Waals surface area contributed by atoms with E-state index in [1.54, 1.807) is 0 Å². The Balaban J connectivity index is 4.48. The van der Waals surface area contributed by atoms with Gasteiger partial charge >= 0.3 is 17.9 Å². The number of hydrogen-bond acceptors (Lipinski definition) is 6. The van der Waals surface area contributed by atoms with Crippen molar-refractivity contribution in [3.63, 3.8) is 0 Å². The van der Waals surface area contributed by atoms with Gasteiger partial charge in [0, 0.05) is 19.3 Å². The lowest BCUT2D eigenvalue weighted by Gasteiger charge is -2.18. The summed E-state index contributed by atoms with van der Waals surface area (Å²) < 4.78 is 16.7. The van der Waals surface area contributed by atoms with Crippen LogP contribution in [-0.2, 0) is 28.6 Å².